The standard InChI is InChI=1S/C16H22N2OS/c1-20-13-6-2-5-12-18-16(19)15-10-4-3-8-14(15)9-7-11-17/h3-4,8,10H,2,5-6,11-13,17H2,1H3,(H,18,19). The fraction of sp³-hybridized carbons (Fsp3) is 0.438. The predicted molar refractivity (Wildman–Crippen MR) is 86.9 cm³/mol. The fourth-order valence-electron chi connectivity index (χ4n) is 1.78. The van der Waals surface area contributed by atoms with Gasteiger partial charge in [0.25, 0.3) is 5.91 Å². The maximum Gasteiger partial charge on any atom is 0.252 e. The Morgan fingerprint density at radius 3 is 2.85 bits per heavy atom. The maximum absolute atomic E-state index is 12.1. The first-order valence-corrected chi connectivity index (χ1v) is 8.24. The zero-order valence-electron chi connectivity index (χ0n) is 11.9. The molecule has 3 nitrogen and oxygen atoms in total. The lowest BCUT2D eigenvalue weighted by molar-refractivity contribution is 0.0953. The van der Waals surface area contributed by atoms with E-state index in [2.05, 4.69) is 23.4 Å². The minimum absolute atomic E-state index is 0.0585. The molecule has 0 aliphatic heterocycles. The van der Waals surface area contributed by atoms with Crippen LogP contribution < -0.4 is 11.1 Å². The van der Waals surface area contributed by atoms with Crippen LogP contribution in [0.3, 0.4) is 0 Å². The summed E-state index contributed by atoms with van der Waals surface area (Å²) in [6.07, 6.45) is 5.48. The van der Waals surface area contributed by atoms with Crippen LogP contribution >= 0.6 is 11.8 Å². The van der Waals surface area contributed by atoms with Crippen molar-refractivity contribution in [3.8, 4) is 11.8 Å². The third-order valence-electron chi connectivity index (χ3n) is 2.81. The lowest BCUT2D eigenvalue weighted by atomic mass is 10.1. The molecule has 1 rings (SSSR count). The average Bonchev–Trinajstić information content (AvgIpc) is 2.48. The minimum atomic E-state index is -0.0585. The number of thioether (sulfide) groups is 1. The number of amides is 1. The molecule has 1 aromatic carbocycles. The first-order chi connectivity index (χ1) is 9.79. The van der Waals surface area contributed by atoms with Gasteiger partial charge in [0.2, 0.25) is 0 Å². The Kier molecular flexibility index (Phi) is 8.61. The molecule has 0 saturated heterocycles. The average molecular weight is 290 g/mol. The van der Waals surface area contributed by atoms with Crippen molar-refractivity contribution in [2.75, 3.05) is 25.1 Å². The van der Waals surface area contributed by atoms with Crippen molar-refractivity contribution in [3.63, 3.8) is 0 Å². The fourth-order valence-corrected chi connectivity index (χ4v) is 2.27. The molecule has 4 heteroatoms. The summed E-state index contributed by atoms with van der Waals surface area (Å²) in [5.74, 6) is 6.85. The van der Waals surface area contributed by atoms with Crippen molar-refractivity contribution < 1.29 is 4.79 Å². The van der Waals surface area contributed by atoms with Crippen molar-refractivity contribution in [1.82, 2.24) is 5.32 Å². The number of hydrogen-bond donors (Lipinski definition) is 2. The number of nitrogens with two attached hydrogens (primary N) is 1. The maximum atomic E-state index is 12.1. The van der Waals surface area contributed by atoms with Gasteiger partial charge in [-0.15, -0.1) is 0 Å². The van der Waals surface area contributed by atoms with Crippen LogP contribution in [0.2, 0.25) is 0 Å². The summed E-state index contributed by atoms with van der Waals surface area (Å²) in [4.78, 5) is 12.1. The van der Waals surface area contributed by atoms with Gasteiger partial charge in [0, 0.05) is 12.1 Å². The summed E-state index contributed by atoms with van der Waals surface area (Å²) in [6.45, 7) is 1.01. The SMILES string of the molecule is CSCCCCCNC(=O)c1ccccc1C#CCN. The molecule has 1 amide bonds. The molecule has 0 fully saturated rings. The van der Waals surface area contributed by atoms with Crippen LogP contribution in [0.25, 0.3) is 0 Å². The lowest BCUT2D eigenvalue weighted by Crippen LogP contribution is -2.25. The molecule has 1 aromatic rings. The van der Waals surface area contributed by atoms with Gasteiger partial charge in [-0.3, -0.25) is 4.79 Å². The van der Waals surface area contributed by atoms with Crippen LogP contribution in [0.5, 0.6) is 0 Å². The molecule has 0 aliphatic carbocycles. The van der Waals surface area contributed by atoms with Gasteiger partial charge in [-0.05, 0) is 37.0 Å². The number of carbonyl (C=O) groups is 1. The number of carbonyl (C=O) groups excluding carboxylic acids is 1. The van der Waals surface area contributed by atoms with Gasteiger partial charge in [0.15, 0.2) is 0 Å². The van der Waals surface area contributed by atoms with E-state index in [1.807, 2.05) is 30.0 Å². The van der Waals surface area contributed by atoms with E-state index in [-0.39, 0.29) is 5.91 Å². The van der Waals surface area contributed by atoms with E-state index in [0.717, 1.165) is 18.4 Å². The largest absolute Gasteiger partial charge is 0.352 e. The highest BCUT2D eigenvalue weighted by Crippen LogP contribution is 2.07. The second kappa shape index (κ2) is 10.4. The Labute approximate surface area is 125 Å². The van der Waals surface area contributed by atoms with Crippen LogP contribution in [0.4, 0.5) is 0 Å². The monoisotopic (exact) mass is 290 g/mol. The van der Waals surface area contributed by atoms with Gasteiger partial charge in [0.05, 0.1) is 12.1 Å². The normalized spacial score (nSPS) is 9.70. The van der Waals surface area contributed by atoms with Crippen molar-refractivity contribution in [2.24, 2.45) is 5.73 Å². The van der Waals surface area contributed by atoms with E-state index in [4.69, 9.17) is 5.73 Å². The molecule has 3 N–H and O–H groups in total. The third kappa shape index (κ3) is 6.14. The molecule has 0 aromatic heterocycles. The zero-order chi connectivity index (χ0) is 14.6. The van der Waals surface area contributed by atoms with Gasteiger partial charge in [-0.2, -0.15) is 11.8 Å². The quantitative estimate of drug-likeness (QED) is 0.598. The second-order valence-corrected chi connectivity index (χ2v) is 5.35. The van der Waals surface area contributed by atoms with Crippen molar-refractivity contribution in [2.45, 2.75) is 19.3 Å². The molecule has 0 saturated carbocycles. The molecule has 0 radical (unpaired) electrons. The molecule has 0 unspecified atom stereocenters. The van der Waals surface area contributed by atoms with Gasteiger partial charge in [0.1, 0.15) is 0 Å². The highest BCUT2D eigenvalue weighted by atomic mass is 32.2. The van der Waals surface area contributed by atoms with Crippen molar-refractivity contribution >= 4 is 17.7 Å². The molecule has 0 atom stereocenters. The van der Waals surface area contributed by atoms with Gasteiger partial charge >= 0.3 is 0 Å². The summed E-state index contributed by atoms with van der Waals surface area (Å²) in [7, 11) is 0. The van der Waals surface area contributed by atoms with Crippen LogP contribution in [0, 0.1) is 11.8 Å². The third-order valence-corrected chi connectivity index (χ3v) is 3.50. The number of rotatable bonds is 7. The molecule has 0 aliphatic rings. The summed E-state index contributed by atoms with van der Waals surface area (Å²) >= 11 is 1.86. The minimum Gasteiger partial charge on any atom is -0.352 e. The second-order valence-electron chi connectivity index (χ2n) is 4.36. The summed E-state index contributed by atoms with van der Waals surface area (Å²) in [5, 5.41) is 2.95. The summed E-state index contributed by atoms with van der Waals surface area (Å²) in [5.41, 5.74) is 6.72. The molecular formula is C16H22N2OS. The number of hydrogen-bond acceptors (Lipinski definition) is 3. The topological polar surface area (TPSA) is 55.1 Å². The van der Waals surface area contributed by atoms with E-state index in [9.17, 15) is 4.79 Å². The van der Waals surface area contributed by atoms with Crippen LogP contribution in [0.15, 0.2) is 24.3 Å². The first kappa shape index (κ1) is 16.6. The molecule has 0 bridgehead atoms. The first-order valence-electron chi connectivity index (χ1n) is 6.84. The molecular weight excluding hydrogens is 268 g/mol. The highest BCUT2D eigenvalue weighted by molar-refractivity contribution is 7.98. The highest BCUT2D eigenvalue weighted by Gasteiger charge is 2.08. The Morgan fingerprint density at radius 2 is 2.10 bits per heavy atom. The number of unbranched alkanes of at least 4 members (excludes halogenated alkanes) is 2. The Morgan fingerprint density at radius 1 is 1.30 bits per heavy atom. The summed E-state index contributed by atoms with van der Waals surface area (Å²) < 4.78 is 0. The molecule has 0 spiro atoms. The van der Waals surface area contributed by atoms with Crippen molar-refractivity contribution in [3.05, 3.63) is 35.4 Å². The van der Waals surface area contributed by atoms with E-state index < -0.39 is 0 Å². The molecule has 0 heterocycles. The zero-order valence-corrected chi connectivity index (χ0v) is 12.8. The Hall–Kier alpha value is -1.44. The summed E-state index contributed by atoms with van der Waals surface area (Å²) in [6, 6.07) is 7.36. The van der Waals surface area contributed by atoms with Crippen LogP contribution in [0.1, 0.15) is 35.2 Å². The van der Waals surface area contributed by atoms with Gasteiger partial charge in [-0.25, -0.2) is 0 Å². The number of nitrogens with one attached hydrogen (secondary N) is 1. The van der Waals surface area contributed by atoms with Gasteiger partial charge < -0.3 is 11.1 Å². The number of benzene rings is 1. The van der Waals surface area contributed by atoms with Crippen molar-refractivity contribution in [1.29, 1.82) is 0 Å². The van der Waals surface area contributed by atoms with Crippen LogP contribution in [-0.2, 0) is 0 Å². The Bertz CT molecular complexity index is 477. The van der Waals surface area contributed by atoms with Crippen LogP contribution in [-0.4, -0.2) is 31.0 Å². The Balaban J connectivity index is 2.47. The molecule has 108 valence electrons. The van der Waals surface area contributed by atoms with Gasteiger partial charge in [-0.1, -0.05) is 30.4 Å². The van der Waals surface area contributed by atoms with E-state index in [1.54, 1.807) is 6.07 Å². The molecule has 20 heavy (non-hydrogen) atoms. The van der Waals surface area contributed by atoms with E-state index in [1.165, 1.54) is 12.2 Å². The smallest absolute Gasteiger partial charge is 0.252 e. The van der Waals surface area contributed by atoms with E-state index >= 15 is 0 Å². The predicted octanol–water partition coefficient (Wildman–Crippen LogP) is 2.26. The van der Waals surface area contributed by atoms with E-state index in [0.29, 0.717) is 18.7 Å². The lowest BCUT2D eigenvalue weighted by Gasteiger charge is -2.06.